The van der Waals surface area contributed by atoms with Crippen LogP contribution in [0.4, 0.5) is 11.4 Å². The Morgan fingerprint density at radius 3 is 2.75 bits per heavy atom. The number of carbonyl (C=O) groups is 1. The van der Waals surface area contributed by atoms with Crippen LogP contribution >= 0.6 is 27.5 Å². The van der Waals surface area contributed by atoms with Gasteiger partial charge in [0, 0.05) is 21.8 Å². The number of hydrogen-bond acceptors (Lipinski definition) is 3. The van der Waals surface area contributed by atoms with Gasteiger partial charge in [0.1, 0.15) is 11.4 Å². The van der Waals surface area contributed by atoms with Crippen molar-refractivity contribution in [2.45, 2.75) is 0 Å². The number of halogens is 2. The van der Waals surface area contributed by atoms with Gasteiger partial charge in [-0.3, -0.25) is 4.79 Å². The van der Waals surface area contributed by atoms with Crippen LogP contribution in [0.1, 0.15) is 10.4 Å². The summed E-state index contributed by atoms with van der Waals surface area (Å²) in [5, 5.41) is 3.05. The van der Waals surface area contributed by atoms with Crippen molar-refractivity contribution < 1.29 is 9.53 Å². The van der Waals surface area contributed by atoms with Crippen LogP contribution in [-0.4, -0.2) is 13.0 Å². The second kappa shape index (κ2) is 6.15. The molecule has 0 aliphatic heterocycles. The van der Waals surface area contributed by atoms with Gasteiger partial charge >= 0.3 is 0 Å². The number of nitrogen functional groups attached to an aromatic ring is 1. The smallest absolute Gasteiger partial charge is 0.255 e. The maximum Gasteiger partial charge on any atom is 0.255 e. The lowest BCUT2D eigenvalue weighted by Gasteiger charge is -2.13. The average Bonchev–Trinajstić information content (AvgIpc) is 2.41. The third-order valence-electron chi connectivity index (χ3n) is 2.62. The molecule has 6 heteroatoms. The number of anilines is 2. The van der Waals surface area contributed by atoms with Gasteiger partial charge in [-0.1, -0.05) is 33.6 Å². The first kappa shape index (κ1) is 14.7. The van der Waals surface area contributed by atoms with Gasteiger partial charge in [-0.15, -0.1) is 0 Å². The SMILES string of the molecule is COc1cc(N)cc(Cl)c1NC(=O)c1cccc(Br)c1. The molecule has 104 valence electrons. The summed E-state index contributed by atoms with van der Waals surface area (Å²) in [7, 11) is 1.49. The number of hydrogen-bond donors (Lipinski definition) is 2. The molecule has 0 spiro atoms. The first-order valence-electron chi connectivity index (χ1n) is 5.71. The van der Waals surface area contributed by atoms with Gasteiger partial charge in [0.05, 0.1) is 12.1 Å². The number of nitrogens with one attached hydrogen (secondary N) is 1. The van der Waals surface area contributed by atoms with E-state index >= 15 is 0 Å². The summed E-state index contributed by atoms with van der Waals surface area (Å²) in [6.45, 7) is 0. The van der Waals surface area contributed by atoms with Crippen LogP contribution in [-0.2, 0) is 0 Å². The highest BCUT2D eigenvalue weighted by atomic mass is 79.9. The van der Waals surface area contributed by atoms with Gasteiger partial charge < -0.3 is 15.8 Å². The van der Waals surface area contributed by atoms with Crippen molar-refractivity contribution in [2.24, 2.45) is 0 Å². The predicted molar refractivity (Wildman–Crippen MR) is 84.5 cm³/mol. The largest absolute Gasteiger partial charge is 0.494 e. The van der Waals surface area contributed by atoms with Crippen LogP contribution in [0, 0.1) is 0 Å². The second-order valence-corrected chi connectivity index (χ2v) is 5.37. The molecule has 0 heterocycles. The fourth-order valence-corrected chi connectivity index (χ4v) is 2.36. The lowest BCUT2D eigenvalue weighted by Crippen LogP contribution is -2.13. The summed E-state index contributed by atoms with van der Waals surface area (Å²) < 4.78 is 6.00. The van der Waals surface area contributed by atoms with Gasteiger partial charge in [0.2, 0.25) is 0 Å². The summed E-state index contributed by atoms with van der Waals surface area (Å²) in [5.41, 5.74) is 7.05. The van der Waals surface area contributed by atoms with Gasteiger partial charge in [-0.25, -0.2) is 0 Å². The van der Waals surface area contributed by atoms with Gasteiger partial charge in [0.15, 0.2) is 0 Å². The number of nitrogens with two attached hydrogens (primary N) is 1. The highest BCUT2D eigenvalue weighted by Crippen LogP contribution is 2.35. The van der Waals surface area contributed by atoms with Gasteiger partial charge in [-0.05, 0) is 24.3 Å². The Morgan fingerprint density at radius 2 is 2.10 bits per heavy atom. The molecule has 0 saturated carbocycles. The van der Waals surface area contributed by atoms with Crippen LogP contribution in [0.3, 0.4) is 0 Å². The summed E-state index contributed by atoms with van der Waals surface area (Å²) in [5.74, 6) is 0.134. The van der Waals surface area contributed by atoms with Crippen molar-refractivity contribution in [3.05, 3.63) is 51.5 Å². The van der Waals surface area contributed by atoms with Crippen molar-refractivity contribution in [1.82, 2.24) is 0 Å². The van der Waals surface area contributed by atoms with E-state index in [1.807, 2.05) is 6.07 Å². The minimum atomic E-state index is -0.281. The van der Waals surface area contributed by atoms with E-state index in [4.69, 9.17) is 22.1 Å². The van der Waals surface area contributed by atoms with E-state index in [9.17, 15) is 4.79 Å². The average molecular weight is 356 g/mol. The predicted octanol–water partition coefficient (Wildman–Crippen LogP) is 3.95. The second-order valence-electron chi connectivity index (χ2n) is 4.04. The van der Waals surface area contributed by atoms with E-state index in [2.05, 4.69) is 21.2 Å². The van der Waals surface area contributed by atoms with Crippen LogP contribution in [0.25, 0.3) is 0 Å². The molecule has 0 fully saturated rings. The van der Waals surface area contributed by atoms with Gasteiger partial charge in [0.25, 0.3) is 5.91 Å². The number of benzene rings is 2. The Morgan fingerprint density at radius 1 is 1.35 bits per heavy atom. The fraction of sp³-hybridized carbons (Fsp3) is 0.0714. The number of methoxy groups -OCH3 is 1. The molecule has 0 atom stereocenters. The van der Waals surface area contributed by atoms with Crippen molar-refractivity contribution in [1.29, 1.82) is 0 Å². The Bertz CT molecular complexity index is 662. The molecule has 0 bridgehead atoms. The molecular formula is C14H12BrClN2O2. The number of carbonyl (C=O) groups excluding carboxylic acids is 1. The molecule has 0 aliphatic rings. The molecule has 3 N–H and O–H groups in total. The van der Waals surface area contributed by atoms with E-state index in [0.29, 0.717) is 27.7 Å². The van der Waals surface area contributed by atoms with Crippen molar-refractivity contribution >= 4 is 44.8 Å². The van der Waals surface area contributed by atoms with E-state index in [-0.39, 0.29) is 5.91 Å². The quantitative estimate of drug-likeness (QED) is 0.820. The zero-order valence-electron chi connectivity index (χ0n) is 10.6. The Hall–Kier alpha value is -1.72. The summed E-state index contributed by atoms with van der Waals surface area (Å²) in [4.78, 5) is 12.2. The highest BCUT2D eigenvalue weighted by Gasteiger charge is 2.14. The molecule has 0 aliphatic carbocycles. The zero-order chi connectivity index (χ0) is 14.7. The normalized spacial score (nSPS) is 10.2. The third-order valence-corrected chi connectivity index (χ3v) is 3.41. The molecule has 2 rings (SSSR count). The van der Waals surface area contributed by atoms with Crippen LogP contribution < -0.4 is 15.8 Å². The molecular weight excluding hydrogens is 344 g/mol. The molecule has 0 radical (unpaired) electrons. The molecule has 2 aromatic rings. The van der Waals surface area contributed by atoms with Crippen molar-refractivity contribution in [3.63, 3.8) is 0 Å². The number of ether oxygens (including phenoxy) is 1. The summed E-state index contributed by atoms with van der Waals surface area (Å²) in [6, 6.07) is 10.2. The Balaban J connectivity index is 2.32. The van der Waals surface area contributed by atoms with E-state index in [1.54, 1.807) is 30.3 Å². The molecule has 2 aromatic carbocycles. The van der Waals surface area contributed by atoms with Crippen molar-refractivity contribution in [2.75, 3.05) is 18.2 Å². The fourth-order valence-electron chi connectivity index (χ4n) is 1.70. The highest BCUT2D eigenvalue weighted by molar-refractivity contribution is 9.10. The standard InChI is InChI=1S/C14H12BrClN2O2/c1-20-12-7-10(17)6-11(16)13(12)18-14(19)8-3-2-4-9(15)5-8/h2-7H,17H2,1H3,(H,18,19). The summed E-state index contributed by atoms with van der Waals surface area (Å²) >= 11 is 9.41. The Kier molecular flexibility index (Phi) is 4.52. The minimum absolute atomic E-state index is 0.281. The van der Waals surface area contributed by atoms with Crippen molar-refractivity contribution in [3.8, 4) is 5.75 Å². The first-order chi connectivity index (χ1) is 9.51. The zero-order valence-corrected chi connectivity index (χ0v) is 13.0. The molecule has 1 amide bonds. The van der Waals surface area contributed by atoms with Gasteiger partial charge in [-0.2, -0.15) is 0 Å². The lowest BCUT2D eigenvalue weighted by atomic mass is 10.2. The van der Waals surface area contributed by atoms with Crippen LogP contribution in [0.2, 0.25) is 5.02 Å². The van der Waals surface area contributed by atoms with E-state index in [1.165, 1.54) is 7.11 Å². The minimum Gasteiger partial charge on any atom is -0.494 e. The maximum atomic E-state index is 12.2. The molecule has 0 aromatic heterocycles. The summed E-state index contributed by atoms with van der Waals surface area (Å²) in [6.07, 6.45) is 0. The van der Waals surface area contributed by atoms with E-state index < -0.39 is 0 Å². The third kappa shape index (κ3) is 3.23. The monoisotopic (exact) mass is 354 g/mol. The molecule has 4 nitrogen and oxygen atoms in total. The maximum absolute atomic E-state index is 12.2. The topological polar surface area (TPSA) is 64.3 Å². The molecule has 0 saturated heterocycles. The Labute approximate surface area is 130 Å². The van der Waals surface area contributed by atoms with Crippen LogP contribution in [0.5, 0.6) is 5.75 Å². The van der Waals surface area contributed by atoms with E-state index in [0.717, 1.165) is 4.47 Å². The number of rotatable bonds is 3. The molecule has 0 unspecified atom stereocenters. The first-order valence-corrected chi connectivity index (χ1v) is 6.88. The lowest BCUT2D eigenvalue weighted by molar-refractivity contribution is 0.102. The van der Waals surface area contributed by atoms with Crippen LogP contribution in [0.15, 0.2) is 40.9 Å². The number of amides is 1. The molecule has 20 heavy (non-hydrogen) atoms.